The number of nitrogens with zero attached hydrogens (tertiary/aromatic N) is 2. The number of rotatable bonds is 5. The highest BCUT2D eigenvalue weighted by Crippen LogP contribution is 2.13. The molecule has 0 radical (unpaired) electrons. The second kappa shape index (κ2) is 7.61. The summed E-state index contributed by atoms with van der Waals surface area (Å²) in [6.45, 7) is 4.07. The van der Waals surface area contributed by atoms with E-state index >= 15 is 0 Å². The third-order valence-corrected chi connectivity index (χ3v) is 4.93. The van der Waals surface area contributed by atoms with Gasteiger partial charge in [-0.2, -0.15) is 4.31 Å². The number of piperazine rings is 1. The first-order valence-corrected chi connectivity index (χ1v) is 9.40. The Morgan fingerprint density at radius 1 is 1.17 bits per heavy atom. The summed E-state index contributed by atoms with van der Waals surface area (Å²) >= 11 is 0. The van der Waals surface area contributed by atoms with E-state index < -0.39 is 10.0 Å². The Kier molecular flexibility index (Phi) is 5.79. The minimum atomic E-state index is -3.17. The Morgan fingerprint density at radius 2 is 1.78 bits per heavy atom. The largest absolute Gasteiger partial charge is 0.494 e. The van der Waals surface area contributed by atoms with E-state index in [1.807, 2.05) is 31.2 Å². The Morgan fingerprint density at radius 3 is 2.30 bits per heavy atom. The Labute approximate surface area is 137 Å². The molecule has 7 heteroatoms. The molecule has 23 heavy (non-hydrogen) atoms. The number of carbonyl (C=O) groups is 1. The minimum absolute atomic E-state index is 0.105. The lowest BCUT2D eigenvalue weighted by molar-refractivity contribution is -0.127. The molecular formula is C16H22N2O4S. The summed E-state index contributed by atoms with van der Waals surface area (Å²) in [5, 5.41) is 0. The van der Waals surface area contributed by atoms with E-state index in [2.05, 4.69) is 0 Å². The molecule has 1 heterocycles. The molecule has 0 atom stereocenters. The van der Waals surface area contributed by atoms with E-state index in [0.717, 1.165) is 11.3 Å². The van der Waals surface area contributed by atoms with Crippen LogP contribution in [0.15, 0.2) is 30.3 Å². The number of hydrogen-bond acceptors (Lipinski definition) is 4. The zero-order valence-corrected chi connectivity index (χ0v) is 14.3. The van der Waals surface area contributed by atoms with Crippen LogP contribution in [0.5, 0.6) is 5.75 Å². The topological polar surface area (TPSA) is 66.9 Å². The van der Waals surface area contributed by atoms with Crippen LogP contribution < -0.4 is 4.74 Å². The van der Waals surface area contributed by atoms with Crippen LogP contribution in [-0.4, -0.2) is 62.6 Å². The highest BCUT2D eigenvalue weighted by atomic mass is 32.2. The van der Waals surface area contributed by atoms with Crippen LogP contribution in [0.4, 0.5) is 0 Å². The van der Waals surface area contributed by atoms with Gasteiger partial charge in [-0.05, 0) is 30.7 Å². The molecule has 0 saturated carbocycles. The van der Waals surface area contributed by atoms with Crippen LogP contribution in [0.25, 0.3) is 6.08 Å². The van der Waals surface area contributed by atoms with Crippen molar-refractivity contribution in [2.75, 3.05) is 39.0 Å². The fourth-order valence-corrected chi connectivity index (χ4v) is 3.18. The summed E-state index contributed by atoms with van der Waals surface area (Å²) < 4.78 is 29.7. The third-order valence-electron chi connectivity index (χ3n) is 3.63. The van der Waals surface area contributed by atoms with Crippen LogP contribution in [0, 0.1) is 0 Å². The monoisotopic (exact) mass is 338 g/mol. The SMILES string of the molecule is CCOc1ccc(C=CC(=O)N2CCN(S(C)(=O)=O)CC2)cc1. The van der Waals surface area contributed by atoms with Crippen molar-refractivity contribution in [3.63, 3.8) is 0 Å². The highest BCUT2D eigenvalue weighted by molar-refractivity contribution is 7.88. The zero-order valence-electron chi connectivity index (χ0n) is 13.4. The van der Waals surface area contributed by atoms with Crippen LogP contribution in [0.3, 0.4) is 0 Å². The van der Waals surface area contributed by atoms with Crippen molar-refractivity contribution in [3.05, 3.63) is 35.9 Å². The second-order valence-corrected chi connectivity index (χ2v) is 7.31. The minimum Gasteiger partial charge on any atom is -0.494 e. The van der Waals surface area contributed by atoms with E-state index in [1.54, 1.807) is 11.0 Å². The number of amides is 1. The molecule has 1 aromatic carbocycles. The van der Waals surface area contributed by atoms with Crippen molar-refractivity contribution in [1.29, 1.82) is 0 Å². The lowest BCUT2D eigenvalue weighted by atomic mass is 10.2. The molecule has 1 aliphatic rings. The molecule has 1 saturated heterocycles. The fraction of sp³-hybridized carbons (Fsp3) is 0.438. The highest BCUT2D eigenvalue weighted by Gasteiger charge is 2.24. The first kappa shape index (κ1) is 17.5. The maximum atomic E-state index is 12.1. The summed E-state index contributed by atoms with van der Waals surface area (Å²) in [6.07, 6.45) is 4.46. The lowest BCUT2D eigenvalue weighted by Crippen LogP contribution is -2.49. The van der Waals surface area contributed by atoms with Crippen molar-refractivity contribution in [3.8, 4) is 5.75 Å². The van der Waals surface area contributed by atoms with E-state index in [-0.39, 0.29) is 5.91 Å². The van der Waals surface area contributed by atoms with Crippen LogP contribution in [0.1, 0.15) is 12.5 Å². The van der Waals surface area contributed by atoms with Gasteiger partial charge in [0.25, 0.3) is 0 Å². The first-order valence-electron chi connectivity index (χ1n) is 7.55. The summed E-state index contributed by atoms with van der Waals surface area (Å²) in [5.74, 6) is 0.694. The molecule has 0 N–H and O–H groups in total. The molecule has 2 rings (SSSR count). The number of benzene rings is 1. The van der Waals surface area contributed by atoms with Gasteiger partial charge in [0.15, 0.2) is 0 Å². The summed E-state index contributed by atoms with van der Waals surface area (Å²) in [5.41, 5.74) is 0.913. The first-order chi connectivity index (χ1) is 10.9. The molecule has 6 nitrogen and oxygen atoms in total. The van der Waals surface area contributed by atoms with Crippen molar-refractivity contribution < 1.29 is 17.9 Å². The molecule has 0 spiro atoms. The van der Waals surface area contributed by atoms with Gasteiger partial charge in [0.2, 0.25) is 15.9 Å². The molecule has 0 aromatic heterocycles. The summed E-state index contributed by atoms with van der Waals surface area (Å²) in [6, 6.07) is 7.49. The normalized spacial score (nSPS) is 16.7. The van der Waals surface area contributed by atoms with Crippen molar-refractivity contribution in [1.82, 2.24) is 9.21 Å². The molecule has 1 fully saturated rings. The summed E-state index contributed by atoms with van der Waals surface area (Å²) in [4.78, 5) is 13.8. The smallest absolute Gasteiger partial charge is 0.246 e. The van der Waals surface area contributed by atoms with Gasteiger partial charge in [0.1, 0.15) is 5.75 Å². The third kappa shape index (κ3) is 5.07. The quantitative estimate of drug-likeness (QED) is 0.757. The van der Waals surface area contributed by atoms with Crippen molar-refractivity contribution in [2.45, 2.75) is 6.92 Å². The second-order valence-electron chi connectivity index (χ2n) is 5.32. The van der Waals surface area contributed by atoms with E-state index in [1.165, 1.54) is 16.6 Å². The molecule has 0 unspecified atom stereocenters. The average Bonchev–Trinajstić information content (AvgIpc) is 2.53. The fourth-order valence-electron chi connectivity index (χ4n) is 2.35. The average molecular weight is 338 g/mol. The van der Waals surface area contributed by atoms with E-state index in [9.17, 15) is 13.2 Å². The summed E-state index contributed by atoms with van der Waals surface area (Å²) in [7, 11) is -3.17. The molecule has 0 bridgehead atoms. The van der Waals surface area contributed by atoms with E-state index in [0.29, 0.717) is 32.8 Å². The standard InChI is InChI=1S/C16H22N2O4S/c1-3-22-15-7-4-14(5-8-15)6-9-16(19)17-10-12-18(13-11-17)23(2,20)21/h4-9H,3,10-13H2,1-2H3. The molecule has 1 amide bonds. The predicted molar refractivity (Wildman–Crippen MR) is 89.6 cm³/mol. The Hall–Kier alpha value is -1.86. The molecular weight excluding hydrogens is 316 g/mol. The Balaban J connectivity index is 1.89. The molecule has 1 aliphatic heterocycles. The van der Waals surface area contributed by atoms with Gasteiger partial charge in [0.05, 0.1) is 12.9 Å². The van der Waals surface area contributed by atoms with Crippen LogP contribution in [0.2, 0.25) is 0 Å². The van der Waals surface area contributed by atoms with Crippen LogP contribution in [-0.2, 0) is 14.8 Å². The number of hydrogen-bond donors (Lipinski definition) is 0. The van der Waals surface area contributed by atoms with Crippen molar-refractivity contribution >= 4 is 22.0 Å². The van der Waals surface area contributed by atoms with Crippen LogP contribution >= 0.6 is 0 Å². The maximum absolute atomic E-state index is 12.1. The number of carbonyl (C=O) groups excluding carboxylic acids is 1. The zero-order chi connectivity index (χ0) is 16.9. The van der Waals surface area contributed by atoms with Gasteiger partial charge < -0.3 is 9.64 Å². The molecule has 1 aromatic rings. The number of ether oxygens (including phenoxy) is 1. The predicted octanol–water partition coefficient (Wildman–Crippen LogP) is 1.20. The van der Waals surface area contributed by atoms with Gasteiger partial charge in [0, 0.05) is 32.3 Å². The molecule has 126 valence electrons. The maximum Gasteiger partial charge on any atom is 0.246 e. The van der Waals surface area contributed by atoms with Gasteiger partial charge in [-0.1, -0.05) is 12.1 Å². The lowest BCUT2D eigenvalue weighted by Gasteiger charge is -2.32. The van der Waals surface area contributed by atoms with E-state index in [4.69, 9.17) is 4.74 Å². The molecule has 0 aliphatic carbocycles. The Bertz CT molecular complexity index is 660. The van der Waals surface area contributed by atoms with Crippen molar-refractivity contribution in [2.24, 2.45) is 0 Å². The number of sulfonamides is 1. The van der Waals surface area contributed by atoms with Gasteiger partial charge in [-0.25, -0.2) is 8.42 Å². The van der Waals surface area contributed by atoms with Gasteiger partial charge >= 0.3 is 0 Å². The van der Waals surface area contributed by atoms with Gasteiger partial charge in [-0.15, -0.1) is 0 Å². The van der Waals surface area contributed by atoms with Gasteiger partial charge in [-0.3, -0.25) is 4.79 Å².